The molecule has 1 unspecified atom stereocenters. The Balaban J connectivity index is 2.18. The van der Waals surface area contributed by atoms with Crippen LogP contribution in [0.3, 0.4) is 0 Å². The van der Waals surface area contributed by atoms with E-state index in [1.807, 2.05) is 0 Å². The van der Waals surface area contributed by atoms with Crippen molar-refractivity contribution in [2.24, 2.45) is 11.3 Å². The summed E-state index contributed by atoms with van der Waals surface area (Å²) in [6.45, 7) is 7.08. The summed E-state index contributed by atoms with van der Waals surface area (Å²) < 4.78 is 24.5. The van der Waals surface area contributed by atoms with Gasteiger partial charge in [0.25, 0.3) is 11.8 Å². The molecule has 0 saturated carbocycles. The Morgan fingerprint density at radius 1 is 0.974 bits per heavy atom. The van der Waals surface area contributed by atoms with Crippen molar-refractivity contribution >= 4 is 47.8 Å². The van der Waals surface area contributed by atoms with Crippen LogP contribution in [0.4, 0.5) is 0 Å². The normalized spacial score (nSPS) is 15.6. The molecule has 1 aliphatic heterocycles. The SMILES string of the molecule is CCOC(=O)C(CC(C)C)(C(=O)OCC)[C@H](NC(C)=O)P(=O)(O)CN1C(=O)c2cccc3cccc(c23)C1=O. The maximum absolute atomic E-state index is 14.2. The molecule has 0 fully saturated rings. The van der Waals surface area contributed by atoms with Gasteiger partial charge in [-0.15, -0.1) is 0 Å². The number of ether oxygens (including phenoxy) is 2. The largest absolute Gasteiger partial charge is 0.465 e. The van der Waals surface area contributed by atoms with E-state index in [4.69, 9.17) is 9.47 Å². The molecule has 11 nitrogen and oxygen atoms in total. The van der Waals surface area contributed by atoms with Crippen LogP contribution in [0.2, 0.25) is 0 Å². The topological polar surface area (TPSA) is 156 Å². The first-order valence-corrected chi connectivity index (χ1v) is 14.5. The van der Waals surface area contributed by atoms with Gasteiger partial charge in [-0.2, -0.15) is 0 Å². The number of nitrogens with zero attached hydrogens (tertiary/aromatic N) is 1. The summed E-state index contributed by atoms with van der Waals surface area (Å²) in [5.74, 6) is -7.23. The molecule has 2 N–H and O–H groups in total. The van der Waals surface area contributed by atoms with Gasteiger partial charge >= 0.3 is 11.9 Å². The second-order valence-corrected chi connectivity index (χ2v) is 12.1. The Morgan fingerprint density at radius 2 is 1.46 bits per heavy atom. The predicted octanol–water partition coefficient (Wildman–Crippen LogP) is 3.28. The third kappa shape index (κ3) is 5.60. The number of nitrogens with one attached hydrogen (secondary N) is 1. The van der Waals surface area contributed by atoms with Crippen LogP contribution in [0, 0.1) is 11.3 Å². The van der Waals surface area contributed by atoms with Gasteiger partial charge in [0.1, 0.15) is 12.1 Å². The second-order valence-electron chi connectivity index (χ2n) is 9.76. The molecule has 210 valence electrons. The molecule has 1 aliphatic rings. The molecule has 3 rings (SSSR count). The van der Waals surface area contributed by atoms with Gasteiger partial charge < -0.3 is 19.7 Å². The summed E-state index contributed by atoms with van der Waals surface area (Å²) in [7, 11) is -4.97. The smallest absolute Gasteiger partial charge is 0.326 e. The number of rotatable bonds is 11. The van der Waals surface area contributed by atoms with Crippen LogP contribution in [0.15, 0.2) is 36.4 Å². The van der Waals surface area contributed by atoms with Gasteiger partial charge in [-0.25, -0.2) is 0 Å². The number of esters is 2. The number of carbonyl (C=O) groups is 5. The maximum atomic E-state index is 14.2. The summed E-state index contributed by atoms with van der Waals surface area (Å²) in [5, 5.41) is 3.37. The highest BCUT2D eigenvalue weighted by Crippen LogP contribution is 2.56. The van der Waals surface area contributed by atoms with Crippen LogP contribution in [0.1, 0.15) is 61.8 Å². The summed E-state index contributed by atoms with van der Waals surface area (Å²) in [6.07, 6.45) is -1.39. The van der Waals surface area contributed by atoms with E-state index in [-0.39, 0.29) is 30.8 Å². The maximum Gasteiger partial charge on any atom is 0.326 e. The van der Waals surface area contributed by atoms with Gasteiger partial charge in [0, 0.05) is 23.4 Å². The van der Waals surface area contributed by atoms with Gasteiger partial charge in [0.2, 0.25) is 13.3 Å². The van der Waals surface area contributed by atoms with Gasteiger partial charge in [0.15, 0.2) is 5.41 Å². The molecule has 0 spiro atoms. The molecule has 1 heterocycles. The Bertz CT molecular complexity index is 1300. The molecular formula is C27H33N2O9P. The lowest BCUT2D eigenvalue weighted by atomic mass is 9.79. The van der Waals surface area contributed by atoms with Crippen LogP contribution < -0.4 is 5.32 Å². The molecule has 2 atom stereocenters. The zero-order chi connectivity index (χ0) is 29.1. The minimum atomic E-state index is -4.97. The van der Waals surface area contributed by atoms with Crippen LogP contribution in [0.5, 0.6) is 0 Å². The quantitative estimate of drug-likeness (QED) is 0.182. The van der Waals surface area contributed by atoms with E-state index in [0.717, 1.165) is 6.92 Å². The van der Waals surface area contributed by atoms with Crippen molar-refractivity contribution in [3.63, 3.8) is 0 Å². The van der Waals surface area contributed by atoms with Crippen LogP contribution in [0.25, 0.3) is 10.8 Å². The Labute approximate surface area is 226 Å². The molecule has 0 aliphatic carbocycles. The minimum Gasteiger partial charge on any atom is -0.465 e. The van der Waals surface area contributed by atoms with E-state index in [1.54, 1.807) is 38.1 Å². The number of benzene rings is 2. The first kappa shape index (κ1) is 30.0. The Kier molecular flexibility index (Phi) is 8.98. The first-order chi connectivity index (χ1) is 18.3. The van der Waals surface area contributed by atoms with Crippen LogP contribution in [-0.4, -0.2) is 64.7 Å². The van der Waals surface area contributed by atoms with Crippen molar-refractivity contribution in [1.29, 1.82) is 0 Å². The molecule has 39 heavy (non-hydrogen) atoms. The lowest BCUT2D eigenvalue weighted by Crippen LogP contribution is -2.58. The molecule has 12 heteroatoms. The monoisotopic (exact) mass is 560 g/mol. The molecule has 2 aromatic carbocycles. The highest BCUT2D eigenvalue weighted by Gasteiger charge is 2.62. The molecule has 2 aromatic rings. The standard InChI is InChI=1S/C27H33N2O9P/c1-6-37-25(33)27(14-16(3)4,26(34)38-7-2)24(28-17(5)30)39(35,36)15-29-22(31)19-12-8-10-18-11-9-13-20(21(18)19)23(29)32/h8-13,16,24H,6-7,14-15H2,1-5H3,(H,28,30)(H,35,36)/t24-/m1/s1. The first-order valence-electron chi connectivity index (χ1n) is 12.6. The summed E-state index contributed by atoms with van der Waals surface area (Å²) in [5.41, 5.74) is -2.12. The van der Waals surface area contributed by atoms with Gasteiger partial charge in [-0.05, 0) is 43.7 Å². The van der Waals surface area contributed by atoms with E-state index in [9.17, 15) is 33.4 Å². The third-order valence-electron chi connectivity index (χ3n) is 6.42. The summed E-state index contributed by atoms with van der Waals surface area (Å²) >= 11 is 0. The fourth-order valence-electron chi connectivity index (χ4n) is 5.00. The van der Waals surface area contributed by atoms with E-state index in [2.05, 4.69) is 5.32 Å². The summed E-state index contributed by atoms with van der Waals surface area (Å²) in [4.78, 5) is 78.2. The minimum absolute atomic E-state index is 0.156. The van der Waals surface area contributed by atoms with Crippen molar-refractivity contribution in [2.75, 3.05) is 19.5 Å². The molecule has 0 radical (unpaired) electrons. The summed E-state index contributed by atoms with van der Waals surface area (Å²) in [6, 6.07) is 9.73. The number of carbonyl (C=O) groups excluding carboxylic acids is 5. The fourth-order valence-corrected chi connectivity index (χ4v) is 7.22. The molecule has 3 amide bonds. The number of hydrogen-bond acceptors (Lipinski definition) is 8. The van der Waals surface area contributed by atoms with E-state index < -0.39 is 60.4 Å². The zero-order valence-corrected chi connectivity index (χ0v) is 23.4. The van der Waals surface area contributed by atoms with Crippen molar-refractivity contribution in [2.45, 2.75) is 46.8 Å². The molecule has 0 bridgehead atoms. The van der Waals surface area contributed by atoms with Crippen molar-refractivity contribution in [3.05, 3.63) is 47.5 Å². The van der Waals surface area contributed by atoms with Crippen molar-refractivity contribution < 1.29 is 42.9 Å². The number of amides is 3. The fraction of sp³-hybridized carbons (Fsp3) is 0.444. The van der Waals surface area contributed by atoms with Crippen molar-refractivity contribution in [1.82, 2.24) is 10.2 Å². The molecule has 0 saturated heterocycles. The predicted molar refractivity (Wildman–Crippen MR) is 142 cm³/mol. The van der Waals surface area contributed by atoms with E-state index >= 15 is 0 Å². The zero-order valence-electron chi connectivity index (χ0n) is 22.6. The van der Waals surface area contributed by atoms with E-state index in [0.29, 0.717) is 15.7 Å². The number of imide groups is 1. The Morgan fingerprint density at radius 3 is 1.87 bits per heavy atom. The molecule has 0 aromatic heterocycles. The van der Waals surface area contributed by atoms with Gasteiger partial charge in [-0.1, -0.05) is 38.1 Å². The van der Waals surface area contributed by atoms with E-state index in [1.165, 1.54) is 26.0 Å². The molecular weight excluding hydrogens is 527 g/mol. The Hall–Kier alpha value is -3.56. The highest BCUT2D eigenvalue weighted by atomic mass is 31.2. The lowest BCUT2D eigenvalue weighted by Gasteiger charge is -2.40. The average molecular weight is 561 g/mol. The van der Waals surface area contributed by atoms with Gasteiger partial charge in [0.05, 0.1) is 13.2 Å². The lowest BCUT2D eigenvalue weighted by molar-refractivity contribution is -0.174. The second kappa shape index (κ2) is 11.7. The average Bonchev–Trinajstić information content (AvgIpc) is 2.87. The van der Waals surface area contributed by atoms with Crippen LogP contribution >= 0.6 is 7.37 Å². The van der Waals surface area contributed by atoms with Gasteiger partial charge in [-0.3, -0.25) is 33.4 Å². The third-order valence-corrected chi connectivity index (χ3v) is 8.48. The van der Waals surface area contributed by atoms with Crippen molar-refractivity contribution in [3.8, 4) is 0 Å². The number of hydrogen-bond donors (Lipinski definition) is 2. The van der Waals surface area contributed by atoms with Crippen LogP contribution in [-0.2, 0) is 28.4 Å². The highest BCUT2D eigenvalue weighted by molar-refractivity contribution is 7.58.